The monoisotopic (exact) mass is 342 g/mol. The number of aromatic nitrogens is 2. The molecule has 0 spiro atoms. The van der Waals surface area contributed by atoms with Gasteiger partial charge in [-0.05, 0) is 18.9 Å². The Hall–Kier alpha value is -2.41. The van der Waals surface area contributed by atoms with Crippen LogP contribution in [0.5, 0.6) is 0 Å². The smallest absolute Gasteiger partial charge is 0.245 e. The minimum Gasteiger partial charge on any atom is -0.393 e. The molecule has 2 atom stereocenters. The molecule has 0 saturated carbocycles. The molecule has 2 aliphatic heterocycles. The number of hydrogen-bond donors (Lipinski definition) is 1. The van der Waals surface area contributed by atoms with Crippen molar-refractivity contribution in [3.63, 3.8) is 0 Å². The molecule has 2 aromatic rings. The Morgan fingerprint density at radius 1 is 1.20 bits per heavy atom. The first-order valence-corrected chi connectivity index (χ1v) is 8.80. The van der Waals surface area contributed by atoms with Crippen LogP contribution in [0.25, 0.3) is 10.9 Å². The normalized spacial score (nSPS) is 24.0. The molecule has 3 heterocycles. The Balaban J connectivity index is 1.39. The fourth-order valence-electron chi connectivity index (χ4n) is 3.83. The number of carbonyl (C=O) groups excluding carboxylic acids is 2. The molecule has 2 fully saturated rings. The van der Waals surface area contributed by atoms with Gasteiger partial charge in [0, 0.05) is 31.4 Å². The van der Waals surface area contributed by atoms with Crippen molar-refractivity contribution < 1.29 is 14.7 Å². The van der Waals surface area contributed by atoms with E-state index in [1.54, 1.807) is 9.80 Å². The standard InChI is InChI=1S/C18H22N4O3/c23-14-6-9-21-16(10-14)18(25)20(12-17(21)24)7-3-8-22-15-5-2-1-4-13(15)11-19-22/h1-2,4-5,11,14,16,23H,3,6-10,12H2/t14-,16+/m1/s1. The first-order valence-electron chi connectivity index (χ1n) is 8.80. The summed E-state index contributed by atoms with van der Waals surface area (Å²) in [5.41, 5.74) is 1.07. The third-order valence-corrected chi connectivity index (χ3v) is 5.17. The van der Waals surface area contributed by atoms with Crippen molar-refractivity contribution in [2.75, 3.05) is 19.6 Å². The SMILES string of the molecule is O=C1[C@@H]2C[C@H](O)CCN2C(=O)CN1CCCn1ncc2ccccc21. The van der Waals surface area contributed by atoms with Crippen LogP contribution in [0, 0.1) is 0 Å². The maximum Gasteiger partial charge on any atom is 0.245 e. The third kappa shape index (κ3) is 3.00. The number of para-hydroxylation sites is 1. The summed E-state index contributed by atoms with van der Waals surface area (Å²) in [6.45, 7) is 1.84. The van der Waals surface area contributed by atoms with Crippen LogP contribution in [0.15, 0.2) is 30.5 Å². The van der Waals surface area contributed by atoms with Crippen LogP contribution in [0.1, 0.15) is 19.3 Å². The summed E-state index contributed by atoms with van der Waals surface area (Å²) in [5, 5.41) is 15.3. The molecule has 0 aliphatic carbocycles. The quantitative estimate of drug-likeness (QED) is 0.883. The van der Waals surface area contributed by atoms with Gasteiger partial charge in [-0.3, -0.25) is 14.3 Å². The summed E-state index contributed by atoms with van der Waals surface area (Å²) in [7, 11) is 0. The van der Waals surface area contributed by atoms with E-state index in [2.05, 4.69) is 5.10 Å². The summed E-state index contributed by atoms with van der Waals surface area (Å²) in [4.78, 5) is 28.2. The van der Waals surface area contributed by atoms with Crippen LogP contribution < -0.4 is 0 Å². The zero-order chi connectivity index (χ0) is 17.4. The molecular weight excluding hydrogens is 320 g/mol. The summed E-state index contributed by atoms with van der Waals surface area (Å²) < 4.78 is 1.93. The van der Waals surface area contributed by atoms with Gasteiger partial charge in [0.25, 0.3) is 0 Å². The number of aliphatic hydroxyl groups is 1. The van der Waals surface area contributed by atoms with Crippen LogP contribution in [0.4, 0.5) is 0 Å². The maximum atomic E-state index is 12.7. The lowest BCUT2D eigenvalue weighted by molar-refractivity contribution is -0.160. The zero-order valence-electron chi connectivity index (χ0n) is 14.0. The van der Waals surface area contributed by atoms with E-state index in [0.717, 1.165) is 17.3 Å². The van der Waals surface area contributed by atoms with Gasteiger partial charge < -0.3 is 14.9 Å². The molecule has 1 N–H and O–H groups in total. The highest BCUT2D eigenvalue weighted by atomic mass is 16.3. The van der Waals surface area contributed by atoms with Gasteiger partial charge in [-0.1, -0.05) is 18.2 Å². The molecule has 0 bridgehead atoms. The number of aryl methyl sites for hydroxylation is 1. The lowest BCUT2D eigenvalue weighted by Crippen LogP contribution is -2.62. The second-order valence-corrected chi connectivity index (χ2v) is 6.82. The Kier molecular flexibility index (Phi) is 4.17. The van der Waals surface area contributed by atoms with Crippen molar-refractivity contribution in [1.82, 2.24) is 19.6 Å². The van der Waals surface area contributed by atoms with E-state index >= 15 is 0 Å². The van der Waals surface area contributed by atoms with Gasteiger partial charge in [0.15, 0.2) is 0 Å². The lowest BCUT2D eigenvalue weighted by atomic mass is 9.96. The zero-order valence-corrected chi connectivity index (χ0v) is 14.0. The Labute approximate surface area is 145 Å². The molecule has 2 saturated heterocycles. The molecule has 4 rings (SSSR count). The van der Waals surface area contributed by atoms with Crippen molar-refractivity contribution in [2.24, 2.45) is 0 Å². The largest absolute Gasteiger partial charge is 0.393 e. The number of aliphatic hydroxyl groups excluding tert-OH is 1. The molecule has 25 heavy (non-hydrogen) atoms. The van der Waals surface area contributed by atoms with Crippen molar-refractivity contribution in [2.45, 2.75) is 38.0 Å². The van der Waals surface area contributed by atoms with Gasteiger partial charge in [-0.25, -0.2) is 0 Å². The number of piperazine rings is 1. The highest BCUT2D eigenvalue weighted by Crippen LogP contribution is 2.23. The highest BCUT2D eigenvalue weighted by Gasteiger charge is 2.42. The average Bonchev–Trinajstić information content (AvgIpc) is 3.02. The van der Waals surface area contributed by atoms with Gasteiger partial charge in [0.2, 0.25) is 11.8 Å². The second-order valence-electron chi connectivity index (χ2n) is 6.82. The van der Waals surface area contributed by atoms with Crippen molar-refractivity contribution in [3.05, 3.63) is 30.5 Å². The number of carbonyl (C=O) groups is 2. The highest BCUT2D eigenvalue weighted by molar-refractivity contribution is 5.95. The van der Waals surface area contributed by atoms with E-state index in [1.807, 2.05) is 35.1 Å². The van der Waals surface area contributed by atoms with Crippen LogP contribution in [0.2, 0.25) is 0 Å². The van der Waals surface area contributed by atoms with Crippen molar-refractivity contribution in [1.29, 1.82) is 0 Å². The van der Waals surface area contributed by atoms with E-state index in [-0.39, 0.29) is 18.4 Å². The number of rotatable bonds is 4. The third-order valence-electron chi connectivity index (χ3n) is 5.17. The van der Waals surface area contributed by atoms with Crippen LogP contribution in [-0.4, -0.2) is 68.3 Å². The van der Waals surface area contributed by atoms with E-state index < -0.39 is 12.1 Å². The van der Waals surface area contributed by atoms with Gasteiger partial charge >= 0.3 is 0 Å². The summed E-state index contributed by atoms with van der Waals surface area (Å²) in [5.74, 6) is -0.0512. The predicted octanol–water partition coefficient (Wildman–Crippen LogP) is 0.621. The Morgan fingerprint density at radius 2 is 2.04 bits per heavy atom. The molecular formula is C18H22N4O3. The molecule has 0 radical (unpaired) electrons. The topological polar surface area (TPSA) is 78.7 Å². The van der Waals surface area contributed by atoms with Crippen LogP contribution in [-0.2, 0) is 16.1 Å². The van der Waals surface area contributed by atoms with Crippen LogP contribution >= 0.6 is 0 Å². The second kappa shape index (κ2) is 6.48. The molecule has 132 valence electrons. The van der Waals surface area contributed by atoms with Gasteiger partial charge in [-0.15, -0.1) is 0 Å². The van der Waals surface area contributed by atoms with Crippen LogP contribution in [0.3, 0.4) is 0 Å². The maximum absolute atomic E-state index is 12.7. The predicted molar refractivity (Wildman–Crippen MR) is 91.7 cm³/mol. The summed E-state index contributed by atoms with van der Waals surface area (Å²) in [6, 6.07) is 7.52. The molecule has 2 aliphatic rings. The van der Waals surface area contributed by atoms with E-state index in [1.165, 1.54) is 0 Å². The average molecular weight is 342 g/mol. The molecule has 1 aromatic carbocycles. The molecule has 7 heteroatoms. The number of hydrogen-bond acceptors (Lipinski definition) is 4. The number of amides is 2. The molecule has 0 unspecified atom stereocenters. The number of nitrogens with zero attached hydrogens (tertiary/aromatic N) is 4. The summed E-state index contributed by atoms with van der Waals surface area (Å²) >= 11 is 0. The fraction of sp³-hybridized carbons (Fsp3) is 0.500. The van der Waals surface area contributed by atoms with Crippen molar-refractivity contribution in [3.8, 4) is 0 Å². The van der Waals surface area contributed by atoms with Gasteiger partial charge in [0.05, 0.1) is 24.4 Å². The van der Waals surface area contributed by atoms with Gasteiger partial charge in [0.1, 0.15) is 6.04 Å². The number of benzene rings is 1. The minimum absolute atomic E-state index is 0.0129. The molecule has 2 amide bonds. The Bertz CT molecular complexity index is 802. The van der Waals surface area contributed by atoms with E-state index in [9.17, 15) is 14.7 Å². The lowest BCUT2D eigenvalue weighted by Gasteiger charge is -2.44. The molecule has 7 nitrogen and oxygen atoms in total. The number of piperidine rings is 1. The van der Waals surface area contributed by atoms with E-state index in [4.69, 9.17) is 0 Å². The molecule has 1 aromatic heterocycles. The number of fused-ring (bicyclic) bond motifs is 2. The van der Waals surface area contributed by atoms with Gasteiger partial charge in [-0.2, -0.15) is 5.10 Å². The fourth-order valence-corrected chi connectivity index (χ4v) is 3.83. The first-order chi connectivity index (χ1) is 12.1. The first kappa shape index (κ1) is 16.1. The van der Waals surface area contributed by atoms with Crippen molar-refractivity contribution >= 4 is 22.7 Å². The Morgan fingerprint density at radius 3 is 2.92 bits per heavy atom. The minimum atomic E-state index is -0.492. The summed E-state index contributed by atoms with van der Waals surface area (Å²) in [6.07, 6.45) is 2.99. The van der Waals surface area contributed by atoms with E-state index in [0.29, 0.717) is 32.5 Å².